The molecule has 0 aromatic rings. The molecule has 4 saturated heterocycles. The van der Waals surface area contributed by atoms with Crippen LogP contribution in [0.3, 0.4) is 0 Å². The minimum absolute atomic E-state index is 0. The fourth-order valence-corrected chi connectivity index (χ4v) is 9.59. The summed E-state index contributed by atoms with van der Waals surface area (Å²) in [4.78, 5) is 23.2. The smallest absolute Gasteiger partial charge is 0.295 e. The standard InChI is InChI=1S/C31H53NO22.C11H20.4CH4/c1-4-12(36)11(32-5-2)8-46-27-19(40)16(37)15(9-47-27)51-29-22(43)25(17(38)13(6-33)49-29)52-30-23(44)26(18(39)14(7-34)50-30)53-31-21(42)24(45-3)20(41)28(54-31)48-10-35;1-3-7-11(8-4-1)9-5-2-6-10-11;;;;/h10-11,13-34,37-44H,4-9H2,1-3H3;1-10H2;4*1H4/t11?,13?,14?,15-,16?,17+,18+,19+,20+,21+,22+,23+,24?,25?,26?,27-,28?,29+,30+,31-;;;;;/m1...../s1. The number of aliphatic hydroxyl groups is 10. The van der Waals surface area contributed by atoms with E-state index in [1.807, 2.05) is 0 Å². The quantitative estimate of drug-likeness (QED) is 0.0742. The molecular weight excluding hydrogens is 918 g/mol. The normalized spacial score (nSPS) is 40.2. The number of aliphatic hydroxyl groups excluding tert-OH is 10. The number of carbonyl (C=O) groups is 2. The minimum atomic E-state index is -2.04. The summed E-state index contributed by atoms with van der Waals surface area (Å²) in [7, 11) is 1.12. The van der Waals surface area contributed by atoms with Crippen LogP contribution in [0.5, 0.6) is 0 Å². The van der Waals surface area contributed by atoms with Gasteiger partial charge in [0.25, 0.3) is 6.47 Å². The molecule has 1 spiro atoms. The summed E-state index contributed by atoms with van der Waals surface area (Å²) in [6.07, 6.45) is -17.0. The summed E-state index contributed by atoms with van der Waals surface area (Å²) in [6.45, 7) is 1.56. The van der Waals surface area contributed by atoms with E-state index in [1.165, 1.54) is 38.5 Å². The van der Waals surface area contributed by atoms with E-state index in [2.05, 4.69) is 10.1 Å². The molecule has 0 aromatic carbocycles. The molecule has 8 unspecified atom stereocenters. The van der Waals surface area contributed by atoms with E-state index in [-0.39, 0.29) is 55.0 Å². The first-order chi connectivity index (χ1) is 31.2. The highest BCUT2D eigenvalue weighted by atomic mass is 16.8. The number of ketones is 1. The first-order valence-corrected chi connectivity index (χ1v) is 22.9. The average Bonchev–Trinajstić information content (AvgIpc) is 3.30. The molecule has 6 aliphatic rings. The molecule has 410 valence electrons. The number of carbonyl (C=O) groups excluding carboxylic acids is 2. The van der Waals surface area contributed by atoms with Crippen LogP contribution in [0, 0.1) is 5.41 Å². The van der Waals surface area contributed by atoms with Gasteiger partial charge in [-0.15, -0.1) is 0 Å². The van der Waals surface area contributed by atoms with Crippen LogP contribution in [-0.4, -0.2) is 226 Å². The van der Waals surface area contributed by atoms with Gasteiger partial charge in [-0.05, 0) is 37.6 Å². The molecular formula is C46H89NO22. The van der Waals surface area contributed by atoms with E-state index in [1.54, 1.807) is 39.5 Å². The van der Waals surface area contributed by atoms with Crippen molar-refractivity contribution in [2.24, 2.45) is 5.41 Å². The Labute approximate surface area is 407 Å². The van der Waals surface area contributed by atoms with Crippen LogP contribution in [0.4, 0.5) is 0 Å². The maximum atomic E-state index is 12.2. The van der Waals surface area contributed by atoms with E-state index in [9.17, 15) is 60.7 Å². The van der Waals surface area contributed by atoms with Gasteiger partial charge in [-0.3, -0.25) is 9.59 Å². The Morgan fingerprint density at radius 2 is 1.09 bits per heavy atom. The van der Waals surface area contributed by atoms with Gasteiger partial charge in [0.2, 0.25) is 6.29 Å². The Balaban J connectivity index is 0.00000138. The van der Waals surface area contributed by atoms with Gasteiger partial charge in [0, 0.05) is 13.5 Å². The van der Waals surface area contributed by atoms with Crippen LogP contribution in [-0.2, 0) is 57.0 Å². The number of hydrogen-bond donors (Lipinski definition) is 11. The summed E-state index contributed by atoms with van der Waals surface area (Å²) >= 11 is 0. The zero-order chi connectivity index (χ0) is 47.4. The highest BCUT2D eigenvalue weighted by molar-refractivity contribution is 5.83. The lowest BCUT2D eigenvalue weighted by Crippen LogP contribution is -2.67. The van der Waals surface area contributed by atoms with Crippen LogP contribution >= 0.6 is 0 Å². The highest BCUT2D eigenvalue weighted by Crippen LogP contribution is 2.47. The van der Waals surface area contributed by atoms with Crippen molar-refractivity contribution < 1.29 is 108 Å². The summed E-state index contributed by atoms with van der Waals surface area (Å²) in [5.74, 6) is -0.140. The molecule has 0 radical (unpaired) electrons. The Morgan fingerprint density at radius 1 is 0.623 bits per heavy atom. The number of likely N-dealkylation sites (N-methyl/N-ethyl adjacent to an activating group) is 1. The molecule has 23 heteroatoms. The first-order valence-electron chi connectivity index (χ1n) is 22.9. The van der Waals surface area contributed by atoms with Crippen LogP contribution in [0.25, 0.3) is 0 Å². The van der Waals surface area contributed by atoms with Crippen LogP contribution in [0.2, 0.25) is 0 Å². The predicted molar refractivity (Wildman–Crippen MR) is 245 cm³/mol. The molecule has 23 nitrogen and oxygen atoms in total. The van der Waals surface area contributed by atoms with E-state index in [0.29, 0.717) is 6.54 Å². The molecule has 2 saturated carbocycles. The van der Waals surface area contributed by atoms with Gasteiger partial charge >= 0.3 is 0 Å². The van der Waals surface area contributed by atoms with Crippen molar-refractivity contribution in [1.82, 2.24) is 5.32 Å². The molecule has 6 fully saturated rings. The van der Waals surface area contributed by atoms with Gasteiger partial charge < -0.3 is 104 Å². The van der Waals surface area contributed by atoms with Gasteiger partial charge in [-0.2, -0.15) is 0 Å². The largest absolute Gasteiger partial charge is 0.435 e. The van der Waals surface area contributed by atoms with Crippen molar-refractivity contribution in [2.45, 2.75) is 237 Å². The third-order valence-corrected chi connectivity index (χ3v) is 13.4. The number of ether oxygens (including phenoxy) is 10. The third-order valence-electron chi connectivity index (χ3n) is 13.4. The Bertz CT molecular complexity index is 1390. The lowest BCUT2D eigenvalue weighted by molar-refractivity contribution is -0.394. The molecule has 4 heterocycles. The van der Waals surface area contributed by atoms with Crippen molar-refractivity contribution in [3.63, 3.8) is 0 Å². The molecule has 0 amide bonds. The maximum absolute atomic E-state index is 12.2. The van der Waals surface area contributed by atoms with Gasteiger partial charge in [0.05, 0.1) is 32.5 Å². The summed E-state index contributed by atoms with van der Waals surface area (Å²) in [6, 6.07) is -0.685. The van der Waals surface area contributed by atoms with Gasteiger partial charge in [-0.25, -0.2) is 0 Å². The third kappa shape index (κ3) is 16.2. The fourth-order valence-electron chi connectivity index (χ4n) is 9.59. The summed E-state index contributed by atoms with van der Waals surface area (Å²) < 4.78 is 54.3. The molecule has 11 N–H and O–H groups in total. The van der Waals surface area contributed by atoms with Crippen molar-refractivity contribution in [3.05, 3.63) is 0 Å². The molecule has 2 aliphatic carbocycles. The lowest BCUT2D eigenvalue weighted by Gasteiger charge is -2.48. The average molecular weight is 1010 g/mol. The highest BCUT2D eigenvalue weighted by Gasteiger charge is 2.55. The Hall–Kier alpha value is -1.66. The number of rotatable bonds is 18. The van der Waals surface area contributed by atoms with Crippen LogP contribution in [0.15, 0.2) is 0 Å². The Kier molecular flexibility index (Phi) is 29.5. The number of Topliss-reactive ketones (excluding diaryl/α,β-unsaturated/α-hetero) is 1. The topological polar surface area (TPSA) is 341 Å². The molecule has 4 aliphatic heterocycles. The van der Waals surface area contributed by atoms with E-state index >= 15 is 0 Å². The first kappa shape index (κ1) is 65.4. The van der Waals surface area contributed by atoms with Gasteiger partial charge in [-0.1, -0.05) is 82.1 Å². The van der Waals surface area contributed by atoms with Crippen LogP contribution in [0.1, 0.15) is 114 Å². The zero-order valence-electron chi connectivity index (χ0n) is 37.3. The van der Waals surface area contributed by atoms with Crippen molar-refractivity contribution >= 4 is 12.3 Å². The summed E-state index contributed by atoms with van der Waals surface area (Å²) in [5, 5.41) is 110. The van der Waals surface area contributed by atoms with Gasteiger partial charge in [0.1, 0.15) is 85.5 Å². The number of methoxy groups -OCH3 is 1. The molecule has 0 aromatic heterocycles. The predicted octanol–water partition coefficient (Wildman–Crippen LogP) is -0.890. The van der Waals surface area contributed by atoms with Crippen molar-refractivity contribution in [2.75, 3.05) is 40.1 Å². The van der Waals surface area contributed by atoms with Crippen molar-refractivity contribution in [3.8, 4) is 0 Å². The minimum Gasteiger partial charge on any atom is -0.435 e. The fraction of sp³-hybridized carbons (Fsp3) is 0.957. The van der Waals surface area contributed by atoms with E-state index in [4.69, 9.17) is 42.6 Å². The van der Waals surface area contributed by atoms with Crippen molar-refractivity contribution in [1.29, 1.82) is 0 Å². The Morgan fingerprint density at radius 3 is 1.54 bits per heavy atom. The SMILES string of the molecule is C.C.C.C.C1CCC2(CC1)CCCCC2.CCNC(CO[C@@H]1OC[C@@H](O[C@@H]2OC(CO)[C@H](O)C(O[C@@H]3OC(CO)[C@H](O)C(O[C@@H]4OC(OC=O)[C@@H](O)C(OC)[C@@H]4O)[C@@H]3O)[C@@H]2O)C(O)[C@@H]1O)C(=O)CC. The van der Waals surface area contributed by atoms with Gasteiger partial charge in [0.15, 0.2) is 30.9 Å². The number of nitrogens with one attached hydrogen (secondary N) is 1. The molecule has 0 bridgehead atoms. The zero-order valence-corrected chi connectivity index (χ0v) is 37.3. The second-order valence-corrected chi connectivity index (χ2v) is 17.6. The molecule has 69 heavy (non-hydrogen) atoms. The van der Waals surface area contributed by atoms with Crippen LogP contribution < -0.4 is 5.32 Å². The second-order valence-electron chi connectivity index (χ2n) is 17.6. The number of hydrogen-bond acceptors (Lipinski definition) is 23. The molecule has 6 rings (SSSR count). The summed E-state index contributed by atoms with van der Waals surface area (Å²) in [5.41, 5.74) is 0.858. The maximum Gasteiger partial charge on any atom is 0.295 e. The van der Waals surface area contributed by atoms with E-state index in [0.717, 1.165) is 12.5 Å². The second kappa shape index (κ2) is 31.2. The van der Waals surface area contributed by atoms with E-state index < -0.39 is 143 Å². The lowest BCUT2D eigenvalue weighted by atomic mass is 9.65. The molecule has 20 atom stereocenters. The monoisotopic (exact) mass is 1010 g/mol.